The zero-order valence-electron chi connectivity index (χ0n) is 9.85. The normalized spacial score (nSPS) is 27.1. The van der Waals surface area contributed by atoms with Gasteiger partial charge in [-0.3, -0.25) is 0 Å². The number of carbonyl (C=O) groups excluding carboxylic acids is 1. The van der Waals surface area contributed by atoms with Gasteiger partial charge in [0, 0.05) is 19.4 Å². The van der Waals surface area contributed by atoms with E-state index in [2.05, 4.69) is 5.32 Å². The van der Waals surface area contributed by atoms with Crippen molar-refractivity contribution < 1.29 is 14.6 Å². The second-order valence-corrected chi connectivity index (χ2v) is 4.77. The van der Waals surface area contributed by atoms with Crippen molar-refractivity contribution in [3.63, 3.8) is 0 Å². The number of hydrogen-bond donors (Lipinski definition) is 2. The summed E-state index contributed by atoms with van der Waals surface area (Å²) in [6.07, 6.45) is 0.465. The van der Waals surface area contributed by atoms with E-state index in [0.29, 0.717) is 19.4 Å². The lowest BCUT2D eigenvalue weighted by atomic mass is 9.79. The van der Waals surface area contributed by atoms with E-state index in [1.807, 2.05) is 30.3 Å². The Morgan fingerprint density at radius 2 is 2.12 bits per heavy atom. The molecule has 0 saturated heterocycles. The van der Waals surface area contributed by atoms with Crippen LogP contribution in [0.3, 0.4) is 0 Å². The van der Waals surface area contributed by atoms with Crippen LogP contribution in [0.15, 0.2) is 30.3 Å². The maximum Gasteiger partial charge on any atom is 0.407 e. The van der Waals surface area contributed by atoms with Gasteiger partial charge in [0.2, 0.25) is 0 Å². The highest BCUT2D eigenvalue weighted by Gasteiger charge is 2.40. The number of benzene rings is 1. The molecule has 0 radical (unpaired) electrons. The zero-order valence-corrected chi connectivity index (χ0v) is 9.85. The molecule has 1 aromatic rings. The topological polar surface area (TPSA) is 58.6 Å². The lowest BCUT2D eigenvalue weighted by molar-refractivity contribution is -0.103. The second-order valence-electron chi connectivity index (χ2n) is 4.77. The lowest BCUT2D eigenvalue weighted by Gasteiger charge is -2.39. The Morgan fingerprint density at radius 1 is 1.47 bits per heavy atom. The van der Waals surface area contributed by atoms with E-state index in [4.69, 9.17) is 4.74 Å². The molecule has 17 heavy (non-hydrogen) atoms. The Labute approximate surface area is 101 Å². The van der Waals surface area contributed by atoms with Crippen molar-refractivity contribution >= 4 is 6.09 Å². The molecule has 92 valence electrons. The third kappa shape index (κ3) is 3.46. The molecule has 2 rings (SSSR count). The van der Waals surface area contributed by atoms with Gasteiger partial charge < -0.3 is 15.2 Å². The van der Waals surface area contributed by atoms with Crippen molar-refractivity contribution in [1.82, 2.24) is 5.32 Å². The number of alkyl carbamates (subject to hydrolysis) is 1. The number of amides is 1. The summed E-state index contributed by atoms with van der Waals surface area (Å²) in [4.78, 5) is 11.4. The van der Waals surface area contributed by atoms with E-state index in [-0.39, 0.29) is 6.10 Å². The maximum absolute atomic E-state index is 11.4. The van der Waals surface area contributed by atoms with Gasteiger partial charge in [-0.25, -0.2) is 4.79 Å². The van der Waals surface area contributed by atoms with Crippen LogP contribution in [0.4, 0.5) is 4.79 Å². The van der Waals surface area contributed by atoms with Crippen LogP contribution >= 0.6 is 0 Å². The molecule has 0 aliphatic heterocycles. The monoisotopic (exact) mass is 235 g/mol. The maximum atomic E-state index is 11.4. The molecule has 0 bridgehead atoms. The predicted octanol–water partition coefficient (Wildman–Crippen LogP) is 1.83. The minimum atomic E-state index is -0.662. The summed E-state index contributed by atoms with van der Waals surface area (Å²) in [5.41, 5.74) is 0.370. The first-order chi connectivity index (χ1) is 8.05. The fourth-order valence-corrected chi connectivity index (χ4v) is 1.97. The summed E-state index contributed by atoms with van der Waals surface area (Å²) in [5.74, 6) is 0. The minimum Gasteiger partial charge on any atom is -0.446 e. The SMILES string of the molecule is CC1(O)CC(OC(=O)NCc2ccccc2)C1. The lowest BCUT2D eigenvalue weighted by Crippen LogP contribution is -2.47. The van der Waals surface area contributed by atoms with Crippen LogP contribution in [0.5, 0.6) is 0 Å². The van der Waals surface area contributed by atoms with Crippen molar-refractivity contribution in [1.29, 1.82) is 0 Å². The Bertz CT molecular complexity index is 381. The van der Waals surface area contributed by atoms with Gasteiger partial charge in [0.1, 0.15) is 6.10 Å². The zero-order chi connectivity index (χ0) is 12.3. The van der Waals surface area contributed by atoms with E-state index < -0.39 is 11.7 Å². The fourth-order valence-electron chi connectivity index (χ4n) is 1.97. The van der Waals surface area contributed by atoms with Gasteiger partial charge in [0.25, 0.3) is 0 Å². The third-order valence-corrected chi connectivity index (χ3v) is 2.89. The number of nitrogens with one attached hydrogen (secondary N) is 1. The van der Waals surface area contributed by atoms with Crippen molar-refractivity contribution in [2.75, 3.05) is 0 Å². The van der Waals surface area contributed by atoms with Gasteiger partial charge >= 0.3 is 6.09 Å². The van der Waals surface area contributed by atoms with Crippen LogP contribution in [0.2, 0.25) is 0 Å². The van der Waals surface area contributed by atoms with Crippen molar-refractivity contribution in [3.05, 3.63) is 35.9 Å². The summed E-state index contributed by atoms with van der Waals surface area (Å²) < 4.78 is 5.13. The molecular formula is C13H17NO3. The molecule has 0 atom stereocenters. The summed E-state index contributed by atoms with van der Waals surface area (Å²) >= 11 is 0. The van der Waals surface area contributed by atoms with E-state index in [0.717, 1.165) is 5.56 Å². The average molecular weight is 235 g/mol. The van der Waals surface area contributed by atoms with Gasteiger partial charge in [-0.1, -0.05) is 30.3 Å². The smallest absolute Gasteiger partial charge is 0.407 e. The highest BCUT2D eigenvalue weighted by atomic mass is 16.6. The Morgan fingerprint density at radius 3 is 2.71 bits per heavy atom. The number of aliphatic hydroxyl groups is 1. The first-order valence-corrected chi connectivity index (χ1v) is 5.76. The van der Waals surface area contributed by atoms with E-state index in [1.165, 1.54) is 0 Å². The molecule has 1 saturated carbocycles. The minimum absolute atomic E-state index is 0.152. The van der Waals surface area contributed by atoms with Crippen LogP contribution in [-0.2, 0) is 11.3 Å². The Hall–Kier alpha value is -1.55. The largest absolute Gasteiger partial charge is 0.446 e. The highest BCUT2D eigenvalue weighted by molar-refractivity contribution is 5.67. The third-order valence-electron chi connectivity index (χ3n) is 2.89. The highest BCUT2D eigenvalue weighted by Crippen LogP contribution is 2.33. The van der Waals surface area contributed by atoms with Crippen LogP contribution in [-0.4, -0.2) is 22.9 Å². The summed E-state index contributed by atoms with van der Waals surface area (Å²) in [7, 11) is 0. The molecule has 1 amide bonds. The molecule has 1 aliphatic carbocycles. The molecule has 0 spiro atoms. The molecule has 1 aromatic carbocycles. The van der Waals surface area contributed by atoms with Gasteiger partial charge in [-0.05, 0) is 12.5 Å². The first-order valence-electron chi connectivity index (χ1n) is 5.76. The van der Waals surface area contributed by atoms with Gasteiger partial charge in [-0.2, -0.15) is 0 Å². The molecule has 4 nitrogen and oxygen atoms in total. The Kier molecular flexibility index (Phi) is 3.33. The number of hydrogen-bond acceptors (Lipinski definition) is 3. The Balaban J connectivity index is 1.69. The predicted molar refractivity (Wildman–Crippen MR) is 63.4 cm³/mol. The van der Waals surface area contributed by atoms with Gasteiger partial charge in [0.15, 0.2) is 0 Å². The molecule has 0 unspecified atom stereocenters. The quantitative estimate of drug-likeness (QED) is 0.840. The molecule has 2 N–H and O–H groups in total. The second kappa shape index (κ2) is 4.75. The molecular weight excluding hydrogens is 218 g/mol. The molecule has 0 heterocycles. The fraction of sp³-hybridized carbons (Fsp3) is 0.462. The summed E-state index contributed by atoms with van der Waals surface area (Å²) in [6, 6.07) is 9.65. The van der Waals surface area contributed by atoms with Crippen LogP contribution in [0.25, 0.3) is 0 Å². The average Bonchev–Trinajstić information content (AvgIpc) is 2.25. The van der Waals surface area contributed by atoms with Gasteiger partial charge in [-0.15, -0.1) is 0 Å². The van der Waals surface area contributed by atoms with E-state index >= 15 is 0 Å². The number of carbonyl (C=O) groups is 1. The van der Waals surface area contributed by atoms with Crippen LogP contribution in [0.1, 0.15) is 25.3 Å². The number of rotatable bonds is 3. The van der Waals surface area contributed by atoms with Crippen molar-refractivity contribution in [2.24, 2.45) is 0 Å². The van der Waals surface area contributed by atoms with Gasteiger partial charge in [0.05, 0.1) is 5.60 Å². The first kappa shape index (κ1) is 11.9. The summed E-state index contributed by atoms with van der Waals surface area (Å²) in [5, 5.41) is 12.2. The molecule has 0 aromatic heterocycles. The van der Waals surface area contributed by atoms with Crippen molar-refractivity contribution in [3.8, 4) is 0 Å². The van der Waals surface area contributed by atoms with Crippen LogP contribution in [0, 0.1) is 0 Å². The van der Waals surface area contributed by atoms with E-state index in [9.17, 15) is 9.90 Å². The number of ether oxygens (including phenoxy) is 1. The van der Waals surface area contributed by atoms with Crippen molar-refractivity contribution in [2.45, 2.75) is 38.0 Å². The standard InChI is InChI=1S/C13H17NO3/c1-13(16)7-11(8-13)17-12(15)14-9-10-5-3-2-4-6-10/h2-6,11,16H,7-9H2,1H3,(H,14,15). The summed E-state index contributed by atoms with van der Waals surface area (Å²) in [6.45, 7) is 2.21. The van der Waals surface area contributed by atoms with E-state index in [1.54, 1.807) is 6.92 Å². The molecule has 1 fully saturated rings. The molecule has 4 heteroatoms. The molecule has 1 aliphatic rings. The van der Waals surface area contributed by atoms with Crippen LogP contribution < -0.4 is 5.32 Å².